The van der Waals surface area contributed by atoms with E-state index in [1.165, 1.54) is 5.56 Å². The van der Waals surface area contributed by atoms with E-state index in [9.17, 15) is 0 Å². The zero-order valence-corrected chi connectivity index (χ0v) is 14.3. The van der Waals surface area contributed by atoms with Gasteiger partial charge in [0, 0.05) is 22.3 Å². The van der Waals surface area contributed by atoms with Crippen LogP contribution in [0.5, 0.6) is 5.88 Å². The second-order valence-electron chi connectivity index (χ2n) is 5.06. The predicted molar refractivity (Wildman–Crippen MR) is 89.6 cm³/mol. The van der Waals surface area contributed by atoms with Crippen LogP contribution in [0.15, 0.2) is 34.8 Å². The van der Waals surface area contributed by atoms with Gasteiger partial charge in [-0.05, 0) is 49.7 Å². The number of rotatable bonds is 6. The Balaban J connectivity index is 2.18. The number of hydrogen-bond donors (Lipinski definition) is 1. The smallest absolute Gasteiger partial charge is 0.218 e. The van der Waals surface area contributed by atoms with E-state index in [2.05, 4.69) is 58.3 Å². The van der Waals surface area contributed by atoms with Gasteiger partial charge in [-0.25, -0.2) is 4.98 Å². The van der Waals surface area contributed by atoms with Crippen molar-refractivity contribution in [2.24, 2.45) is 0 Å². The predicted octanol–water partition coefficient (Wildman–Crippen LogP) is 4.15. The van der Waals surface area contributed by atoms with Crippen molar-refractivity contribution in [3.05, 3.63) is 57.2 Å². The highest BCUT2D eigenvalue weighted by Crippen LogP contribution is 2.22. The quantitative estimate of drug-likeness (QED) is 0.851. The fourth-order valence-corrected chi connectivity index (χ4v) is 2.64. The SMILES string of the molecule is CCNCc1c(C)cc(C)nc1OCc1cccc(Br)c1. The number of aryl methyl sites for hydroxylation is 2. The summed E-state index contributed by atoms with van der Waals surface area (Å²) in [4.78, 5) is 4.55. The minimum atomic E-state index is 0.522. The number of nitrogens with one attached hydrogen (secondary N) is 1. The van der Waals surface area contributed by atoms with Crippen molar-refractivity contribution in [1.82, 2.24) is 10.3 Å². The van der Waals surface area contributed by atoms with Crippen molar-refractivity contribution >= 4 is 15.9 Å². The van der Waals surface area contributed by atoms with Crippen molar-refractivity contribution in [3.63, 3.8) is 0 Å². The molecule has 0 fully saturated rings. The van der Waals surface area contributed by atoms with Crippen molar-refractivity contribution < 1.29 is 4.74 Å². The lowest BCUT2D eigenvalue weighted by molar-refractivity contribution is 0.288. The molecule has 0 aliphatic heterocycles. The van der Waals surface area contributed by atoms with E-state index in [0.29, 0.717) is 6.61 Å². The first kappa shape index (κ1) is 16.0. The van der Waals surface area contributed by atoms with Gasteiger partial charge in [0.2, 0.25) is 5.88 Å². The Morgan fingerprint density at radius 2 is 2.05 bits per heavy atom. The second-order valence-corrected chi connectivity index (χ2v) is 5.98. The van der Waals surface area contributed by atoms with E-state index in [-0.39, 0.29) is 0 Å². The van der Waals surface area contributed by atoms with Crippen LogP contribution >= 0.6 is 15.9 Å². The lowest BCUT2D eigenvalue weighted by atomic mass is 10.1. The van der Waals surface area contributed by atoms with E-state index < -0.39 is 0 Å². The molecule has 4 heteroatoms. The average Bonchev–Trinajstić information content (AvgIpc) is 2.44. The maximum atomic E-state index is 5.96. The fraction of sp³-hybridized carbons (Fsp3) is 0.353. The number of ether oxygens (including phenoxy) is 1. The van der Waals surface area contributed by atoms with Gasteiger partial charge in [-0.3, -0.25) is 0 Å². The number of halogens is 1. The summed E-state index contributed by atoms with van der Waals surface area (Å²) in [5.74, 6) is 0.730. The van der Waals surface area contributed by atoms with Crippen molar-refractivity contribution in [1.29, 1.82) is 0 Å². The molecule has 0 unspecified atom stereocenters. The van der Waals surface area contributed by atoms with Crippen LogP contribution in [-0.4, -0.2) is 11.5 Å². The second kappa shape index (κ2) is 7.57. The number of nitrogens with zero attached hydrogens (tertiary/aromatic N) is 1. The normalized spacial score (nSPS) is 10.7. The Morgan fingerprint density at radius 1 is 1.24 bits per heavy atom. The number of aromatic nitrogens is 1. The van der Waals surface area contributed by atoms with Gasteiger partial charge in [-0.1, -0.05) is 35.0 Å². The standard InChI is InChI=1S/C17H21BrN2O/c1-4-19-10-16-12(2)8-13(3)20-17(16)21-11-14-6-5-7-15(18)9-14/h5-9,19H,4,10-11H2,1-3H3. The molecule has 0 bridgehead atoms. The minimum Gasteiger partial charge on any atom is -0.473 e. The van der Waals surface area contributed by atoms with Gasteiger partial charge in [0.25, 0.3) is 0 Å². The molecule has 0 atom stereocenters. The molecule has 0 radical (unpaired) electrons. The fourth-order valence-electron chi connectivity index (χ4n) is 2.19. The van der Waals surface area contributed by atoms with Crippen molar-refractivity contribution in [2.45, 2.75) is 33.9 Å². The Kier molecular flexibility index (Phi) is 5.76. The summed E-state index contributed by atoms with van der Waals surface area (Å²) in [6.45, 7) is 8.43. The van der Waals surface area contributed by atoms with Crippen LogP contribution in [0.2, 0.25) is 0 Å². The van der Waals surface area contributed by atoms with Crippen molar-refractivity contribution in [3.8, 4) is 5.88 Å². The highest BCUT2D eigenvalue weighted by Gasteiger charge is 2.10. The van der Waals surface area contributed by atoms with Gasteiger partial charge in [-0.15, -0.1) is 0 Å². The largest absolute Gasteiger partial charge is 0.473 e. The molecular weight excluding hydrogens is 328 g/mol. The van der Waals surface area contributed by atoms with Crippen LogP contribution in [-0.2, 0) is 13.2 Å². The van der Waals surface area contributed by atoms with Gasteiger partial charge in [0.15, 0.2) is 0 Å². The van der Waals surface area contributed by atoms with Crippen LogP contribution in [0, 0.1) is 13.8 Å². The topological polar surface area (TPSA) is 34.2 Å². The van der Waals surface area contributed by atoms with E-state index in [0.717, 1.165) is 40.3 Å². The summed E-state index contributed by atoms with van der Waals surface area (Å²) in [6.07, 6.45) is 0. The van der Waals surface area contributed by atoms with E-state index in [1.54, 1.807) is 0 Å². The molecule has 3 nitrogen and oxygen atoms in total. The summed E-state index contributed by atoms with van der Waals surface area (Å²) in [7, 11) is 0. The Labute approximate surface area is 134 Å². The molecule has 1 aromatic carbocycles. The van der Waals surface area contributed by atoms with E-state index >= 15 is 0 Å². The summed E-state index contributed by atoms with van der Waals surface area (Å²) >= 11 is 3.48. The van der Waals surface area contributed by atoms with E-state index in [1.807, 2.05) is 19.1 Å². The van der Waals surface area contributed by atoms with Gasteiger partial charge in [-0.2, -0.15) is 0 Å². The first-order chi connectivity index (χ1) is 10.1. The van der Waals surface area contributed by atoms with Crippen LogP contribution in [0.4, 0.5) is 0 Å². The van der Waals surface area contributed by atoms with Gasteiger partial charge >= 0.3 is 0 Å². The molecule has 1 aromatic heterocycles. The number of hydrogen-bond acceptors (Lipinski definition) is 3. The molecular formula is C17H21BrN2O. The molecule has 21 heavy (non-hydrogen) atoms. The molecule has 0 spiro atoms. The van der Waals surface area contributed by atoms with Crippen molar-refractivity contribution in [2.75, 3.05) is 6.54 Å². The summed E-state index contributed by atoms with van der Waals surface area (Å²) in [6, 6.07) is 10.2. The maximum absolute atomic E-state index is 5.96. The highest BCUT2D eigenvalue weighted by molar-refractivity contribution is 9.10. The molecule has 2 aromatic rings. The van der Waals surface area contributed by atoms with Crippen LogP contribution in [0.25, 0.3) is 0 Å². The number of benzene rings is 1. The third-order valence-corrected chi connectivity index (χ3v) is 3.75. The molecule has 1 N–H and O–H groups in total. The van der Waals surface area contributed by atoms with Gasteiger partial charge in [0.05, 0.1) is 0 Å². The zero-order valence-electron chi connectivity index (χ0n) is 12.7. The van der Waals surface area contributed by atoms with Crippen LogP contribution in [0.1, 0.15) is 29.3 Å². The summed E-state index contributed by atoms with van der Waals surface area (Å²) < 4.78 is 7.03. The molecule has 0 saturated heterocycles. The summed E-state index contributed by atoms with van der Waals surface area (Å²) in [5, 5.41) is 3.35. The van der Waals surface area contributed by atoms with Gasteiger partial charge in [0.1, 0.15) is 6.61 Å². The monoisotopic (exact) mass is 348 g/mol. The van der Waals surface area contributed by atoms with Crippen LogP contribution < -0.4 is 10.1 Å². The molecule has 112 valence electrons. The molecule has 1 heterocycles. The molecule has 0 saturated carbocycles. The minimum absolute atomic E-state index is 0.522. The first-order valence-electron chi connectivity index (χ1n) is 7.15. The maximum Gasteiger partial charge on any atom is 0.218 e. The lowest BCUT2D eigenvalue weighted by Crippen LogP contribution is -2.15. The Hall–Kier alpha value is -1.39. The number of pyridine rings is 1. The molecule has 0 amide bonds. The molecule has 2 rings (SSSR count). The lowest BCUT2D eigenvalue weighted by Gasteiger charge is -2.14. The third kappa shape index (κ3) is 4.55. The van der Waals surface area contributed by atoms with Gasteiger partial charge < -0.3 is 10.1 Å². The molecule has 0 aliphatic carbocycles. The average molecular weight is 349 g/mol. The van der Waals surface area contributed by atoms with E-state index in [4.69, 9.17) is 4.74 Å². The Morgan fingerprint density at radius 3 is 2.76 bits per heavy atom. The molecule has 0 aliphatic rings. The Bertz CT molecular complexity index is 614. The summed E-state index contributed by atoms with van der Waals surface area (Å²) in [5.41, 5.74) is 4.46. The highest BCUT2D eigenvalue weighted by atomic mass is 79.9. The zero-order chi connectivity index (χ0) is 15.2. The third-order valence-electron chi connectivity index (χ3n) is 3.25. The first-order valence-corrected chi connectivity index (χ1v) is 7.94. The van der Waals surface area contributed by atoms with Crippen LogP contribution in [0.3, 0.4) is 0 Å².